The van der Waals surface area contributed by atoms with Gasteiger partial charge in [-0.2, -0.15) is 9.97 Å². The number of imidazole rings is 2. The summed E-state index contributed by atoms with van der Waals surface area (Å²) in [6.45, 7) is 1.12. The maximum absolute atomic E-state index is 6.08. The van der Waals surface area contributed by atoms with E-state index in [0.29, 0.717) is 35.4 Å². The molecule has 0 atom stereocenters. The van der Waals surface area contributed by atoms with E-state index >= 15 is 0 Å². The fraction of sp³-hybridized carbons (Fsp3) is 0.111. The Hall–Kier alpha value is -2.52. The van der Waals surface area contributed by atoms with Crippen LogP contribution in [0, 0.1) is 0 Å². The Morgan fingerprint density at radius 3 is 1.40 bits per heavy atom. The molecule has 0 spiro atoms. The number of benzene rings is 1. The Bertz CT molecular complexity index is 1290. The molecule has 0 amide bonds. The van der Waals surface area contributed by atoms with Crippen LogP contribution < -0.4 is 0 Å². The summed E-state index contributed by atoms with van der Waals surface area (Å²) in [5.41, 5.74) is 4.33. The fourth-order valence-corrected chi connectivity index (χ4v) is 3.99. The van der Waals surface area contributed by atoms with E-state index in [0.717, 1.165) is 11.1 Å². The quantitative estimate of drug-likeness (QED) is 0.275. The van der Waals surface area contributed by atoms with Crippen molar-refractivity contribution in [3.8, 4) is 0 Å². The molecule has 0 saturated heterocycles. The first kappa shape index (κ1) is 19.4. The van der Waals surface area contributed by atoms with Gasteiger partial charge in [-0.15, -0.1) is 0 Å². The molecule has 4 heterocycles. The Morgan fingerprint density at radius 1 is 0.600 bits per heavy atom. The molecule has 8 nitrogen and oxygen atoms in total. The zero-order chi connectivity index (χ0) is 20.8. The van der Waals surface area contributed by atoms with Crippen molar-refractivity contribution in [2.24, 2.45) is 0 Å². The molecule has 4 aromatic heterocycles. The number of aromatic nitrogens is 8. The van der Waals surface area contributed by atoms with Gasteiger partial charge in [0.15, 0.2) is 21.6 Å². The zero-order valence-electron chi connectivity index (χ0n) is 15.0. The van der Waals surface area contributed by atoms with Crippen LogP contribution in [0.25, 0.3) is 22.3 Å². The van der Waals surface area contributed by atoms with Gasteiger partial charge < -0.3 is 9.13 Å². The number of fused-ring (bicyclic) bond motifs is 2. The Balaban J connectivity index is 1.39. The highest BCUT2D eigenvalue weighted by Crippen LogP contribution is 2.23. The molecule has 12 heteroatoms. The molecule has 5 aromatic rings. The largest absolute Gasteiger partial charge is 0.311 e. The smallest absolute Gasteiger partial charge is 0.225 e. The van der Waals surface area contributed by atoms with Crippen LogP contribution in [-0.2, 0) is 13.1 Å². The summed E-state index contributed by atoms with van der Waals surface area (Å²) in [5.74, 6) is 0. The topological polar surface area (TPSA) is 87.2 Å². The van der Waals surface area contributed by atoms with Crippen molar-refractivity contribution >= 4 is 68.7 Å². The zero-order valence-corrected chi connectivity index (χ0v) is 18.0. The Labute approximate surface area is 189 Å². The van der Waals surface area contributed by atoms with Gasteiger partial charge in [-0.1, -0.05) is 47.5 Å². The third-order valence-corrected chi connectivity index (χ3v) is 5.38. The van der Waals surface area contributed by atoms with Crippen molar-refractivity contribution in [2.75, 3.05) is 0 Å². The highest BCUT2D eigenvalue weighted by molar-refractivity contribution is 6.35. The predicted molar refractivity (Wildman–Crippen MR) is 115 cm³/mol. The summed E-state index contributed by atoms with van der Waals surface area (Å²) in [5, 5.41) is 0.633. The number of rotatable bonds is 4. The summed E-state index contributed by atoms with van der Waals surface area (Å²) in [4.78, 5) is 24.8. The Morgan fingerprint density at radius 2 is 1.00 bits per heavy atom. The number of hydrogen-bond donors (Lipinski definition) is 0. The molecule has 150 valence electrons. The van der Waals surface area contributed by atoms with E-state index in [4.69, 9.17) is 46.4 Å². The first-order valence-electron chi connectivity index (χ1n) is 8.63. The van der Waals surface area contributed by atoms with Crippen molar-refractivity contribution in [3.63, 3.8) is 0 Å². The number of halogens is 4. The number of nitrogens with zero attached hydrogens (tertiary/aromatic N) is 8. The van der Waals surface area contributed by atoms with Gasteiger partial charge in [0.1, 0.15) is 11.0 Å². The Kier molecular flexibility index (Phi) is 4.94. The van der Waals surface area contributed by atoms with Crippen LogP contribution in [-0.4, -0.2) is 39.0 Å². The van der Waals surface area contributed by atoms with Crippen molar-refractivity contribution in [1.29, 1.82) is 0 Å². The van der Waals surface area contributed by atoms with Crippen LogP contribution in [0.4, 0.5) is 0 Å². The van der Waals surface area contributed by atoms with Gasteiger partial charge in [-0.05, 0) is 34.3 Å². The van der Waals surface area contributed by atoms with E-state index in [1.165, 1.54) is 0 Å². The van der Waals surface area contributed by atoms with Crippen LogP contribution in [0.2, 0.25) is 20.9 Å². The van der Waals surface area contributed by atoms with Crippen molar-refractivity contribution in [1.82, 2.24) is 39.0 Å². The first-order chi connectivity index (χ1) is 14.5. The second-order valence-electron chi connectivity index (χ2n) is 6.47. The first-order valence-corrected chi connectivity index (χ1v) is 10.1. The van der Waals surface area contributed by atoms with Crippen molar-refractivity contribution in [3.05, 3.63) is 68.9 Å². The van der Waals surface area contributed by atoms with Gasteiger partial charge >= 0.3 is 0 Å². The highest BCUT2D eigenvalue weighted by Gasteiger charge is 2.13. The van der Waals surface area contributed by atoms with Gasteiger partial charge in [-0.3, -0.25) is 0 Å². The fourth-order valence-electron chi connectivity index (χ4n) is 3.14. The molecule has 1 aromatic carbocycles. The molecule has 0 fully saturated rings. The van der Waals surface area contributed by atoms with Gasteiger partial charge in [0, 0.05) is 0 Å². The van der Waals surface area contributed by atoms with E-state index in [1.54, 1.807) is 12.7 Å². The SMILES string of the molecule is Clc1nc(Cl)c2ncn(Cc3ccc(Cn4cnc5c(Cl)nc(Cl)nc54)cc3)c2n1. The second-order valence-corrected chi connectivity index (χ2v) is 7.86. The molecule has 30 heavy (non-hydrogen) atoms. The summed E-state index contributed by atoms with van der Waals surface area (Å²) in [6.07, 6.45) is 3.33. The van der Waals surface area contributed by atoms with Crippen LogP contribution in [0.5, 0.6) is 0 Å². The average Bonchev–Trinajstić information content (AvgIpc) is 3.28. The third-order valence-electron chi connectivity index (χ3n) is 4.52. The molecular weight excluding hydrogens is 470 g/mol. The summed E-state index contributed by atoms with van der Waals surface area (Å²) in [6, 6.07) is 8.11. The lowest BCUT2D eigenvalue weighted by Crippen LogP contribution is -2.02. The molecule has 0 aliphatic carbocycles. The lowest BCUT2D eigenvalue weighted by Gasteiger charge is -2.07. The van der Waals surface area contributed by atoms with E-state index in [1.807, 2.05) is 33.4 Å². The minimum absolute atomic E-state index is 0.0844. The van der Waals surface area contributed by atoms with E-state index < -0.39 is 0 Å². The predicted octanol–water partition coefficient (Wildman–Crippen LogP) is 4.68. The monoisotopic (exact) mass is 478 g/mol. The maximum atomic E-state index is 6.08. The molecule has 0 saturated carbocycles. The van der Waals surface area contributed by atoms with Gasteiger partial charge in [-0.25, -0.2) is 19.9 Å². The van der Waals surface area contributed by atoms with Crippen LogP contribution >= 0.6 is 46.4 Å². The molecule has 0 bridgehead atoms. The lowest BCUT2D eigenvalue weighted by atomic mass is 10.1. The maximum Gasteiger partial charge on any atom is 0.225 e. The highest BCUT2D eigenvalue weighted by atomic mass is 35.5. The number of hydrogen-bond acceptors (Lipinski definition) is 6. The molecule has 0 radical (unpaired) electrons. The summed E-state index contributed by atoms with van der Waals surface area (Å²) >= 11 is 24.0. The van der Waals surface area contributed by atoms with Crippen LogP contribution in [0.15, 0.2) is 36.9 Å². The van der Waals surface area contributed by atoms with Crippen LogP contribution in [0.1, 0.15) is 11.1 Å². The van der Waals surface area contributed by atoms with Gasteiger partial charge in [0.25, 0.3) is 0 Å². The minimum Gasteiger partial charge on any atom is -0.311 e. The lowest BCUT2D eigenvalue weighted by molar-refractivity contribution is 0.800. The van der Waals surface area contributed by atoms with Crippen LogP contribution in [0.3, 0.4) is 0 Å². The van der Waals surface area contributed by atoms with Crippen molar-refractivity contribution in [2.45, 2.75) is 13.1 Å². The van der Waals surface area contributed by atoms with Gasteiger partial charge in [0.2, 0.25) is 10.6 Å². The summed E-state index contributed by atoms with van der Waals surface area (Å²) in [7, 11) is 0. The molecule has 0 N–H and O–H groups in total. The van der Waals surface area contributed by atoms with E-state index in [-0.39, 0.29) is 20.9 Å². The minimum atomic E-state index is 0.0844. The molecule has 0 aliphatic rings. The third kappa shape index (κ3) is 3.56. The standard InChI is InChI=1S/C18H10Cl4N8/c19-13-11-15(27-17(21)25-13)29(7-23-11)5-9-1-2-10(4-3-9)6-30-8-24-12-14(20)26-18(22)28-16(12)30/h1-4,7-8H,5-6H2. The normalized spacial score (nSPS) is 11.6. The molecular formula is C18H10Cl4N8. The second kappa shape index (κ2) is 7.63. The average molecular weight is 480 g/mol. The molecule has 5 rings (SSSR count). The van der Waals surface area contributed by atoms with Crippen molar-refractivity contribution < 1.29 is 0 Å². The molecule has 0 unspecified atom stereocenters. The van der Waals surface area contributed by atoms with E-state index in [2.05, 4.69) is 29.9 Å². The molecule has 0 aliphatic heterocycles. The summed E-state index contributed by atoms with van der Waals surface area (Å²) < 4.78 is 3.74. The van der Waals surface area contributed by atoms with Gasteiger partial charge in [0.05, 0.1) is 25.7 Å². The van der Waals surface area contributed by atoms with E-state index in [9.17, 15) is 0 Å².